The van der Waals surface area contributed by atoms with E-state index in [1.807, 2.05) is 0 Å². The van der Waals surface area contributed by atoms with Gasteiger partial charge in [-0.25, -0.2) is 9.78 Å². The zero-order chi connectivity index (χ0) is 17.6. The Kier molecular flexibility index (Phi) is 4.95. The van der Waals surface area contributed by atoms with Crippen LogP contribution < -0.4 is 11.2 Å². The lowest BCUT2D eigenvalue weighted by atomic mass is 9.87. The van der Waals surface area contributed by atoms with Crippen LogP contribution in [0.5, 0.6) is 0 Å². The average molecular weight is 363 g/mol. The van der Waals surface area contributed by atoms with Crippen molar-refractivity contribution in [3.05, 3.63) is 62.6 Å². The van der Waals surface area contributed by atoms with Gasteiger partial charge in [-0.15, -0.1) is 12.4 Å². The summed E-state index contributed by atoms with van der Waals surface area (Å²) in [7, 11) is 3.11. The van der Waals surface area contributed by atoms with Crippen molar-refractivity contribution in [2.45, 2.75) is 32.7 Å². The van der Waals surface area contributed by atoms with Gasteiger partial charge in [0.15, 0.2) is 11.2 Å². The summed E-state index contributed by atoms with van der Waals surface area (Å²) in [6, 6.07) is 8.36. The lowest BCUT2D eigenvalue weighted by Gasteiger charge is -2.19. The smallest absolute Gasteiger partial charge is 0.320 e. The third kappa shape index (κ3) is 3.26. The molecule has 0 aliphatic carbocycles. The van der Waals surface area contributed by atoms with Gasteiger partial charge in [0.2, 0.25) is 0 Å². The van der Waals surface area contributed by atoms with E-state index in [0.717, 1.165) is 10.1 Å². The lowest BCUT2D eigenvalue weighted by molar-refractivity contribution is 0.590. The predicted octanol–water partition coefficient (Wildman–Crippen LogP) is 2.20. The number of nitrogens with zero attached hydrogens (tertiary/aromatic N) is 4. The van der Waals surface area contributed by atoms with Crippen molar-refractivity contribution in [2.24, 2.45) is 14.1 Å². The molecule has 0 spiro atoms. The van der Waals surface area contributed by atoms with Gasteiger partial charge in [-0.05, 0) is 16.5 Å². The van der Waals surface area contributed by atoms with Crippen molar-refractivity contribution in [3.63, 3.8) is 0 Å². The standard InChI is InChI=1S/C18H22N4O2.ClH/c1-18(2,3)13-8-6-12(7-9-13)10-22-11-19-15-14(22)16(23)21(5)17(24)20(15)4;/h6-9,11H,10H2,1-5H3;1H. The molecule has 0 saturated heterocycles. The van der Waals surface area contributed by atoms with Gasteiger partial charge < -0.3 is 4.57 Å². The van der Waals surface area contributed by atoms with E-state index in [0.29, 0.717) is 17.7 Å². The van der Waals surface area contributed by atoms with Crippen molar-refractivity contribution >= 4 is 23.6 Å². The first-order valence-corrected chi connectivity index (χ1v) is 7.90. The van der Waals surface area contributed by atoms with Crippen LogP contribution in [0.15, 0.2) is 40.2 Å². The molecule has 0 bridgehead atoms. The van der Waals surface area contributed by atoms with E-state index in [9.17, 15) is 9.59 Å². The van der Waals surface area contributed by atoms with Gasteiger partial charge in [0.1, 0.15) is 0 Å². The fourth-order valence-electron chi connectivity index (χ4n) is 2.82. The number of imidazole rings is 1. The molecule has 2 heterocycles. The monoisotopic (exact) mass is 362 g/mol. The highest BCUT2D eigenvalue weighted by molar-refractivity contribution is 5.85. The van der Waals surface area contributed by atoms with Crippen molar-refractivity contribution < 1.29 is 0 Å². The van der Waals surface area contributed by atoms with E-state index in [4.69, 9.17) is 0 Å². The molecule has 1 aromatic carbocycles. The highest BCUT2D eigenvalue weighted by Gasteiger charge is 2.15. The van der Waals surface area contributed by atoms with Crippen molar-refractivity contribution in [1.82, 2.24) is 18.7 Å². The molecule has 0 atom stereocenters. The second-order valence-electron chi connectivity index (χ2n) is 7.20. The molecule has 0 radical (unpaired) electrons. The highest BCUT2D eigenvalue weighted by Crippen LogP contribution is 2.22. The predicted molar refractivity (Wildman–Crippen MR) is 102 cm³/mol. The van der Waals surface area contributed by atoms with Crippen LogP contribution in [0.25, 0.3) is 11.2 Å². The highest BCUT2D eigenvalue weighted by atomic mass is 35.5. The van der Waals surface area contributed by atoms with Crippen molar-refractivity contribution in [1.29, 1.82) is 0 Å². The molecular weight excluding hydrogens is 340 g/mol. The minimum atomic E-state index is -0.368. The Hall–Kier alpha value is -2.34. The molecular formula is C18H23ClN4O2. The minimum absolute atomic E-state index is 0. The largest absolute Gasteiger partial charge is 0.332 e. The summed E-state index contributed by atoms with van der Waals surface area (Å²) in [4.78, 5) is 28.7. The van der Waals surface area contributed by atoms with Gasteiger partial charge in [0.25, 0.3) is 5.56 Å². The summed E-state index contributed by atoms with van der Waals surface area (Å²) in [6.45, 7) is 7.06. The molecule has 2 aromatic heterocycles. The van der Waals surface area contributed by atoms with Gasteiger partial charge in [-0.3, -0.25) is 13.9 Å². The fourth-order valence-corrected chi connectivity index (χ4v) is 2.82. The molecule has 3 rings (SSSR count). The van der Waals surface area contributed by atoms with Crippen molar-refractivity contribution in [3.8, 4) is 0 Å². The second kappa shape index (κ2) is 6.52. The Labute approximate surface area is 152 Å². The number of hydrogen-bond acceptors (Lipinski definition) is 3. The summed E-state index contributed by atoms with van der Waals surface area (Å²) < 4.78 is 4.31. The number of halogens is 1. The summed E-state index contributed by atoms with van der Waals surface area (Å²) in [5.41, 5.74) is 2.62. The molecule has 3 aromatic rings. The third-order valence-corrected chi connectivity index (χ3v) is 4.39. The SMILES string of the molecule is Cl.Cn1c(=O)c2c(ncn2Cc2ccc(C(C)(C)C)cc2)n(C)c1=O. The molecule has 7 heteroatoms. The third-order valence-electron chi connectivity index (χ3n) is 4.39. The maximum atomic E-state index is 12.4. The molecule has 6 nitrogen and oxygen atoms in total. The van der Waals surface area contributed by atoms with Crippen molar-refractivity contribution in [2.75, 3.05) is 0 Å². The molecule has 0 N–H and O–H groups in total. The zero-order valence-corrected chi connectivity index (χ0v) is 15.9. The first kappa shape index (κ1) is 19.0. The van der Waals surface area contributed by atoms with Crippen LogP contribution in [-0.2, 0) is 26.1 Å². The number of aryl methyl sites for hydroxylation is 1. The maximum absolute atomic E-state index is 12.4. The fraction of sp³-hybridized carbons (Fsp3) is 0.389. The molecule has 25 heavy (non-hydrogen) atoms. The quantitative estimate of drug-likeness (QED) is 0.702. The summed E-state index contributed by atoms with van der Waals surface area (Å²) >= 11 is 0. The molecule has 0 aliphatic heterocycles. The zero-order valence-electron chi connectivity index (χ0n) is 15.1. The molecule has 134 valence electrons. The average Bonchev–Trinajstić information content (AvgIpc) is 2.94. The number of rotatable bonds is 2. The Morgan fingerprint density at radius 2 is 1.60 bits per heavy atom. The molecule has 0 saturated carbocycles. The molecule has 0 fully saturated rings. The number of aromatic nitrogens is 4. The topological polar surface area (TPSA) is 61.8 Å². The summed E-state index contributed by atoms with van der Waals surface area (Å²) in [6.07, 6.45) is 1.61. The van der Waals surface area contributed by atoms with Gasteiger partial charge in [-0.1, -0.05) is 45.0 Å². The van der Waals surface area contributed by atoms with Gasteiger partial charge in [0.05, 0.1) is 6.33 Å². The van der Waals surface area contributed by atoms with Crippen LogP contribution in [0, 0.1) is 0 Å². The second-order valence-corrected chi connectivity index (χ2v) is 7.20. The lowest BCUT2D eigenvalue weighted by Crippen LogP contribution is -2.37. The van der Waals surface area contributed by atoms with Crippen LogP contribution in [0.4, 0.5) is 0 Å². The van der Waals surface area contributed by atoms with Crippen LogP contribution in [0.2, 0.25) is 0 Å². The van der Waals surface area contributed by atoms with Gasteiger partial charge in [-0.2, -0.15) is 0 Å². The molecule has 0 unspecified atom stereocenters. The van der Waals surface area contributed by atoms with Crippen LogP contribution >= 0.6 is 12.4 Å². The Bertz CT molecular complexity index is 1020. The molecule has 0 aliphatic rings. The van der Waals surface area contributed by atoms with Crippen LogP contribution in [-0.4, -0.2) is 18.7 Å². The Morgan fingerprint density at radius 1 is 1.00 bits per heavy atom. The molecule has 0 amide bonds. The van der Waals surface area contributed by atoms with E-state index < -0.39 is 0 Å². The minimum Gasteiger partial charge on any atom is -0.320 e. The van der Waals surface area contributed by atoms with E-state index >= 15 is 0 Å². The van der Waals surface area contributed by atoms with Crippen LogP contribution in [0.1, 0.15) is 31.9 Å². The van der Waals surface area contributed by atoms with E-state index in [1.54, 1.807) is 17.9 Å². The number of benzene rings is 1. The summed E-state index contributed by atoms with van der Waals surface area (Å²) in [5.74, 6) is 0. The summed E-state index contributed by atoms with van der Waals surface area (Å²) in [5, 5.41) is 0. The van der Waals surface area contributed by atoms with E-state index in [2.05, 4.69) is 50.0 Å². The normalized spacial score (nSPS) is 11.6. The Balaban J connectivity index is 0.00000225. The van der Waals surface area contributed by atoms with E-state index in [1.165, 1.54) is 17.2 Å². The maximum Gasteiger partial charge on any atom is 0.332 e. The van der Waals surface area contributed by atoms with Gasteiger partial charge in [0, 0.05) is 20.6 Å². The van der Waals surface area contributed by atoms with Gasteiger partial charge >= 0.3 is 5.69 Å². The van der Waals surface area contributed by atoms with E-state index in [-0.39, 0.29) is 29.1 Å². The van der Waals surface area contributed by atoms with Crippen LogP contribution in [0.3, 0.4) is 0 Å². The number of fused-ring (bicyclic) bond motifs is 1. The first-order valence-electron chi connectivity index (χ1n) is 7.90. The Morgan fingerprint density at radius 3 is 2.16 bits per heavy atom. The first-order chi connectivity index (χ1) is 11.2. The number of hydrogen-bond donors (Lipinski definition) is 0.